The van der Waals surface area contributed by atoms with Crippen molar-refractivity contribution in [2.75, 3.05) is 19.7 Å². The van der Waals surface area contributed by atoms with Gasteiger partial charge in [0.25, 0.3) is 0 Å². The fourth-order valence-corrected chi connectivity index (χ4v) is 3.80. The summed E-state index contributed by atoms with van der Waals surface area (Å²) < 4.78 is 16.3. The number of hydrogen-bond donors (Lipinski definition) is 1. The molecule has 35 heavy (non-hydrogen) atoms. The SMILES string of the molecule is CC(C)(C)OC(=O)COC1CCN(C(=O)[C@@H](NC(=O)OCc2ccccc2)c2ccccc2)CC1. The summed E-state index contributed by atoms with van der Waals surface area (Å²) in [6, 6.07) is 17.6. The summed E-state index contributed by atoms with van der Waals surface area (Å²) in [7, 11) is 0. The Bertz CT molecular complexity index is 966. The van der Waals surface area contributed by atoms with Crippen molar-refractivity contribution >= 4 is 18.0 Å². The minimum atomic E-state index is -0.862. The van der Waals surface area contributed by atoms with E-state index in [2.05, 4.69) is 5.32 Å². The summed E-state index contributed by atoms with van der Waals surface area (Å²) in [5.74, 6) is -0.614. The lowest BCUT2D eigenvalue weighted by Crippen LogP contribution is -2.47. The topological polar surface area (TPSA) is 94.2 Å². The number of amides is 2. The van der Waals surface area contributed by atoms with E-state index in [4.69, 9.17) is 14.2 Å². The first kappa shape index (κ1) is 26.2. The summed E-state index contributed by atoms with van der Waals surface area (Å²) in [6.07, 6.45) is 0.389. The highest BCUT2D eigenvalue weighted by molar-refractivity contribution is 5.87. The molecule has 0 aromatic heterocycles. The molecule has 1 aliphatic rings. The Morgan fingerprint density at radius 2 is 1.57 bits per heavy atom. The Morgan fingerprint density at radius 1 is 0.971 bits per heavy atom. The lowest BCUT2D eigenvalue weighted by atomic mass is 10.0. The van der Waals surface area contributed by atoms with Gasteiger partial charge in [-0.1, -0.05) is 60.7 Å². The summed E-state index contributed by atoms with van der Waals surface area (Å²) in [4.78, 5) is 39.5. The monoisotopic (exact) mass is 482 g/mol. The first-order valence-electron chi connectivity index (χ1n) is 11.9. The van der Waals surface area contributed by atoms with Gasteiger partial charge in [-0.25, -0.2) is 9.59 Å². The van der Waals surface area contributed by atoms with E-state index in [1.807, 2.05) is 69.3 Å². The lowest BCUT2D eigenvalue weighted by molar-refractivity contribution is -0.163. The molecule has 0 saturated carbocycles. The highest BCUT2D eigenvalue weighted by Gasteiger charge is 2.31. The largest absolute Gasteiger partial charge is 0.458 e. The van der Waals surface area contributed by atoms with Crippen LogP contribution in [0.25, 0.3) is 0 Å². The van der Waals surface area contributed by atoms with Gasteiger partial charge < -0.3 is 24.4 Å². The molecule has 2 aromatic carbocycles. The van der Waals surface area contributed by atoms with E-state index in [1.165, 1.54) is 0 Å². The molecule has 0 radical (unpaired) electrons. The third-order valence-corrected chi connectivity index (χ3v) is 5.47. The second-order valence-electron chi connectivity index (χ2n) is 9.47. The summed E-state index contributed by atoms with van der Waals surface area (Å²) in [6.45, 7) is 6.35. The zero-order valence-corrected chi connectivity index (χ0v) is 20.6. The van der Waals surface area contributed by atoms with Crippen molar-refractivity contribution in [2.24, 2.45) is 0 Å². The van der Waals surface area contributed by atoms with Crippen LogP contribution < -0.4 is 5.32 Å². The van der Waals surface area contributed by atoms with Crippen molar-refractivity contribution in [3.8, 4) is 0 Å². The van der Waals surface area contributed by atoms with Crippen LogP contribution in [0, 0.1) is 0 Å². The first-order valence-corrected chi connectivity index (χ1v) is 11.9. The van der Waals surface area contributed by atoms with Crippen molar-refractivity contribution in [1.82, 2.24) is 10.2 Å². The second kappa shape index (κ2) is 12.4. The number of carbonyl (C=O) groups excluding carboxylic acids is 3. The second-order valence-corrected chi connectivity index (χ2v) is 9.47. The molecule has 188 valence electrons. The molecule has 1 fully saturated rings. The number of alkyl carbamates (subject to hydrolysis) is 1. The molecule has 0 aliphatic carbocycles. The molecule has 3 rings (SSSR count). The summed E-state index contributed by atoms with van der Waals surface area (Å²) in [5.41, 5.74) is 0.980. The molecule has 1 aliphatic heterocycles. The quantitative estimate of drug-likeness (QED) is 0.572. The van der Waals surface area contributed by atoms with Crippen LogP contribution in [0.15, 0.2) is 60.7 Å². The van der Waals surface area contributed by atoms with E-state index in [0.29, 0.717) is 31.5 Å². The highest BCUT2D eigenvalue weighted by Crippen LogP contribution is 2.21. The number of benzene rings is 2. The molecule has 2 amide bonds. The van der Waals surface area contributed by atoms with E-state index >= 15 is 0 Å². The molecule has 0 unspecified atom stereocenters. The highest BCUT2D eigenvalue weighted by atomic mass is 16.6. The molecular weight excluding hydrogens is 448 g/mol. The number of likely N-dealkylation sites (tertiary alicyclic amines) is 1. The van der Waals surface area contributed by atoms with Crippen LogP contribution in [0.2, 0.25) is 0 Å². The van der Waals surface area contributed by atoms with Gasteiger partial charge in [0.05, 0.1) is 6.10 Å². The Kier molecular flexibility index (Phi) is 9.25. The van der Waals surface area contributed by atoms with E-state index in [0.717, 1.165) is 5.56 Å². The van der Waals surface area contributed by atoms with E-state index in [1.54, 1.807) is 17.0 Å². The molecular formula is C27H34N2O6. The van der Waals surface area contributed by atoms with Crippen molar-refractivity contribution in [3.05, 3.63) is 71.8 Å². The molecule has 1 atom stereocenters. The predicted octanol–water partition coefficient (Wildman–Crippen LogP) is 4.00. The average Bonchev–Trinajstić information content (AvgIpc) is 2.85. The van der Waals surface area contributed by atoms with Crippen molar-refractivity contribution in [2.45, 2.75) is 58.0 Å². The van der Waals surface area contributed by atoms with Crippen molar-refractivity contribution in [1.29, 1.82) is 0 Å². The maximum atomic E-state index is 13.4. The molecule has 0 bridgehead atoms. The normalized spacial score (nSPS) is 15.2. The third kappa shape index (κ3) is 8.72. The van der Waals surface area contributed by atoms with Gasteiger partial charge in [-0.3, -0.25) is 4.79 Å². The van der Waals surface area contributed by atoms with Gasteiger partial charge in [-0.2, -0.15) is 0 Å². The number of esters is 1. The molecule has 1 N–H and O–H groups in total. The maximum absolute atomic E-state index is 13.4. The van der Waals surface area contributed by atoms with Gasteiger partial charge in [0, 0.05) is 13.1 Å². The third-order valence-electron chi connectivity index (χ3n) is 5.47. The zero-order chi connectivity index (χ0) is 25.3. The Hall–Kier alpha value is -3.39. The molecule has 2 aromatic rings. The minimum Gasteiger partial charge on any atom is -0.458 e. The number of hydrogen-bond acceptors (Lipinski definition) is 6. The van der Waals surface area contributed by atoms with Crippen LogP contribution in [0.1, 0.15) is 50.8 Å². The molecule has 0 spiro atoms. The lowest BCUT2D eigenvalue weighted by Gasteiger charge is -2.34. The van der Waals surface area contributed by atoms with Crippen LogP contribution in [0.5, 0.6) is 0 Å². The van der Waals surface area contributed by atoms with Gasteiger partial charge in [0.2, 0.25) is 5.91 Å². The van der Waals surface area contributed by atoms with E-state index < -0.39 is 23.7 Å². The Balaban J connectivity index is 1.54. The zero-order valence-electron chi connectivity index (χ0n) is 20.6. The van der Waals surface area contributed by atoms with Gasteiger partial charge >= 0.3 is 12.1 Å². The molecule has 8 heteroatoms. The maximum Gasteiger partial charge on any atom is 0.408 e. The van der Waals surface area contributed by atoms with E-state index in [-0.39, 0.29) is 25.2 Å². The van der Waals surface area contributed by atoms with Crippen LogP contribution in [-0.2, 0) is 30.4 Å². The van der Waals surface area contributed by atoms with Crippen molar-refractivity contribution < 1.29 is 28.6 Å². The standard InChI is InChI=1S/C27H34N2O6/c1-27(2,3)35-23(30)19-33-22-14-16-29(17-15-22)25(31)24(21-12-8-5-9-13-21)28-26(32)34-18-20-10-6-4-7-11-20/h4-13,22,24H,14-19H2,1-3H3,(H,28,32)/t24-/m0/s1. The predicted molar refractivity (Wildman–Crippen MR) is 130 cm³/mol. The number of carbonyl (C=O) groups is 3. The average molecular weight is 483 g/mol. The van der Waals surface area contributed by atoms with Gasteiger partial charge in [-0.05, 0) is 44.7 Å². The van der Waals surface area contributed by atoms with Gasteiger partial charge in [-0.15, -0.1) is 0 Å². The summed E-state index contributed by atoms with van der Waals surface area (Å²) >= 11 is 0. The Morgan fingerprint density at radius 3 is 2.17 bits per heavy atom. The fraction of sp³-hybridized carbons (Fsp3) is 0.444. The molecule has 1 heterocycles. The number of piperidine rings is 1. The van der Waals surface area contributed by atoms with Crippen LogP contribution in [0.4, 0.5) is 4.79 Å². The molecule has 8 nitrogen and oxygen atoms in total. The Labute approximate surface area is 206 Å². The summed E-state index contributed by atoms with van der Waals surface area (Å²) in [5, 5.41) is 2.73. The van der Waals surface area contributed by atoms with Crippen LogP contribution >= 0.6 is 0 Å². The minimum absolute atomic E-state index is 0.114. The van der Waals surface area contributed by atoms with E-state index in [9.17, 15) is 14.4 Å². The number of rotatable bonds is 8. The number of nitrogens with zero attached hydrogens (tertiary/aromatic N) is 1. The van der Waals surface area contributed by atoms with Gasteiger partial charge in [0.1, 0.15) is 24.9 Å². The number of nitrogens with one attached hydrogen (secondary N) is 1. The fourth-order valence-electron chi connectivity index (χ4n) is 3.80. The smallest absolute Gasteiger partial charge is 0.408 e. The molecule has 1 saturated heterocycles. The van der Waals surface area contributed by atoms with Crippen molar-refractivity contribution in [3.63, 3.8) is 0 Å². The van der Waals surface area contributed by atoms with Gasteiger partial charge in [0.15, 0.2) is 0 Å². The van der Waals surface area contributed by atoms with Crippen LogP contribution in [0.3, 0.4) is 0 Å². The van der Waals surface area contributed by atoms with Crippen LogP contribution in [-0.4, -0.2) is 54.3 Å². The number of ether oxygens (including phenoxy) is 3. The first-order chi connectivity index (χ1) is 16.7.